The zero-order valence-corrected chi connectivity index (χ0v) is 12.4. The maximum absolute atomic E-state index is 11.1. The number of rotatable bonds is 5. The number of carboxylic acid groups (broad SMARTS) is 1. The van der Waals surface area contributed by atoms with Crippen LogP contribution in [0.5, 0.6) is 0 Å². The van der Waals surface area contributed by atoms with Crippen LogP contribution in [-0.2, 0) is 4.79 Å². The molecule has 0 amide bonds. The van der Waals surface area contributed by atoms with Crippen LogP contribution in [0.1, 0.15) is 53.4 Å². The summed E-state index contributed by atoms with van der Waals surface area (Å²) in [5, 5.41) is 9.12. The first-order valence-corrected chi connectivity index (χ1v) is 7.28. The number of hydrogen-bond donors (Lipinski definition) is 1. The minimum atomic E-state index is -0.683. The summed E-state index contributed by atoms with van der Waals surface area (Å²) in [4.78, 5) is 13.5. The fraction of sp³-hybridized carbons (Fsp3) is 0.933. The van der Waals surface area contributed by atoms with Crippen molar-refractivity contribution in [2.45, 2.75) is 53.4 Å². The summed E-state index contributed by atoms with van der Waals surface area (Å²) in [6.07, 6.45) is 4.60. The highest BCUT2D eigenvalue weighted by Crippen LogP contribution is 2.26. The summed E-state index contributed by atoms with van der Waals surface area (Å²) in [5.41, 5.74) is -0.593. The Morgan fingerprint density at radius 1 is 1.33 bits per heavy atom. The van der Waals surface area contributed by atoms with E-state index in [1.54, 1.807) is 0 Å². The van der Waals surface area contributed by atoms with Gasteiger partial charge in [-0.2, -0.15) is 0 Å². The van der Waals surface area contributed by atoms with Crippen molar-refractivity contribution in [2.24, 2.45) is 17.3 Å². The quantitative estimate of drug-likeness (QED) is 0.820. The SMILES string of the molecule is CC(C)C1CCCN(CCC(C)(C)C(=O)O)CC1. The number of nitrogens with zero attached hydrogens (tertiary/aromatic N) is 1. The molecule has 0 radical (unpaired) electrons. The second-order valence-electron chi connectivity index (χ2n) is 6.72. The van der Waals surface area contributed by atoms with Crippen molar-refractivity contribution in [1.29, 1.82) is 0 Å². The molecule has 1 aliphatic heterocycles. The number of likely N-dealkylation sites (tertiary alicyclic amines) is 1. The van der Waals surface area contributed by atoms with Crippen molar-refractivity contribution in [2.75, 3.05) is 19.6 Å². The summed E-state index contributed by atoms with van der Waals surface area (Å²) < 4.78 is 0. The lowest BCUT2D eigenvalue weighted by molar-refractivity contribution is -0.147. The number of carbonyl (C=O) groups is 1. The van der Waals surface area contributed by atoms with Gasteiger partial charge < -0.3 is 10.0 Å². The van der Waals surface area contributed by atoms with Crippen molar-refractivity contribution < 1.29 is 9.90 Å². The van der Waals surface area contributed by atoms with Crippen molar-refractivity contribution >= 4 is 5.97 Å². The third kappa shape index (κ3) is 4.60. The molecule has 1 aliphatic rings. The molecule has 1 rings (SSSR count). The van der Waals surface area contributed by atoms with Gasteiger partial charge in [-0.15, -0.1) is 0 Å². The number of hydrogen-bond acceptors (Lipinski definition) is 2. The molecule has 1 N–H and O–H groups in total. The van der Waals surface area contributed by atoms with E-state index >= 15 is 0 Å². The molecule has 1 fully saturated rings. The summed E-state index contributed by atoms with van der Waals surface area (Å²) >= 11 is 0. The molecule has 18 heavy (non-hydrogen) atoms. The van der Waals surface area contributed by atoms with Gasteiger partial charge in [-0.05, 0) is 71.0 Å². The van der Waals surface area contributed by atoms with E-state index in [1.165, 1.54) is 19.3 Å². The van der Waals surface area contributed by atoms with Gasteiger partial charge in [-0.3, -0.25) is 4.79 Å². The Kier molecular flexibility index (Phi) is 5.64. The molecule has 1 unspecified atom stereocenters. The Bertz CT molecular complexity index is 274. The average molecular weight is 255 g/mol. The van der Waals surface area contributed by atoms with E-state index < -0.39 is 11.4 Å². The van der Waals surface area contributed by atoms with Crippen LogP contribution >= 0.6 is 0 Å². The van der Waals surface area contributed by atoms with Crippen LogP contribution < -0.4 is 0 Å². The van der Waals surface area contributed by atoms with E-state index in [2.05, 4.69) is 18.7 Å². The summed E-state index contributed by atoms with van der Waals surface area (Å²) in [7, 11) is 0. The minimum absolute atomic E-state index is 0.593. The molecular formula is C15H29NO2. The monoisotopic (exact) mass is 255 g/mol. The molecule has 1 atom stereocenters. The molecule has 106 valence electrons. The third-order valence-corrected chi connectivity index (χ3v) is 4.44. The smallest absolute Gasteiger partial charge is 0.309 e. The molecule has 0 aromatic rings. The van der Waals surface area contributed by atoms with E-state index in [-0.39, 0.29) is 0 Å². The van der Waals surface area contributed by atoms with Gasteiger partial charge in [0.05, 0.1) is 5.41 Å². The molecular weight excluding hydrogens is 226 g/mol. The predicted octanol–water partition coefficient (Wildman–Crippen LogP) is 3.25. The van der Waals surface area contributed by atoms with E-state index in [4.69, 9.17) is 5.11 Å². The molecule has 1 heterocycles. The Balaban J connectivity index is 2.38. The predicted molar refractivity (Wildman–Crippen MR) is 74.7 cm³/mol. The van der Waals surface area contributed by atoms with Crippen LogP contribution in [0.3, 0.4) is 0 Å². The van der Waals surface area contributed by atoms with Crippen LogP contribution in [0.2, 0.25) is 0 Å². The lowest BCUT2D eigenvalue weighted by Crippen LogP contribution is -2.32. The lowest BCUT2D eigenvalue weighted by atomic mass is 9.89. The molecule has 3 nitrogen and oxygen atoms in total. The second-order valence-corrected chi connectivity index (χ2v) is 6.72. The zero-order valence-electron chi connectivity index (χ0n) is 12.4. The summed E-state index contributed by atoms with van der Waals surface area (Å²) in [6, 6.07) is 0. The summed E-state index contributed by atoms with van der Waals surface area (Å²) in [5.74, 6) is 0.945. The second kappa shape index (κ2) is 6.55. The number of carboxylic acids is 1. The normalized spacial score (nSPS) is 23.1. The fourth-order valence-electron chi connectivity index (χ4n) is 2.62. The average Bonchev–Trinajstić information content (AvgIpc) is 2.51. The van der Waals surface area contributed by atoms with Crippen LogP contribution in [0.25, 0.3) is 0 Å². The topological polar surface area (TPSA) is 40.5 Å². The third-order valence-electron chi connectivity index (χ3n) is 4.44. The highest BCUT2D eigenvalue weighted by atomic mass is 16.4. The highest BCUT2D eigenvalue weighted by Gasteiger charge is 2.28. The van der Waals surface area contributed by atoms with Gasteiger partial charge >= 0.3 is 5.97 Å². The molecule has 0 bridgehead atoms. The Hall–Kier alpha value is -0.570. The minimum Gasteiger partial charge on any atom is -0.481 e. The number of aliphatic carboxylic acids is 1. The van der Waals surface area contributed by atoms with Crippen molar-refractivity contribution in [3.63, 3.8) is 0 Å². The van der Waals surface area contributed by atoms with Gasteiger partial charge in [-0.1, -0.05) is 13.8 Å². The van der Waals surface area contributed by atoms with E-state index in [9.17, 15) is 4.79 Å². The fourth-order valence-corrected chi connectivity index (χ4v) is 2.62. The summed E-state index contributed by atoms with van der Waals surface area (Å²) in [6.45, 7) is 11.5. The molecule has 0 aromatic heterocycles. The molecule has 3 heteroatoms. The lowest BCUT2D eigenvalue weighted by Gasteiger charge is -2.25. The zero-order chi connectivity index (χ0) is 13.8. The van der Waals surface area contributed by atoms with Crippen LogP contribution in [-0.4, -0.2) is 35.6 Å². The van der Waals surface area contributed by atoms with Crippen LogP contribution in [0.15, 0.2) is 0 Å². The molecule has 0 aliphatic carbocycles. The highest BCUT2D eigenvalue weighted by molar-refractivity contribution is 5.73. The van der Waals surface area contributed by atoms with Gasteiger partial charge in [0.2, 0.25) is 0 Å². The van der Waals surface area contributed by atoms with Crippen LogP contribution in [0, 0.1) is 17.3 Å². The van der Waals surface area contributed by atoms with E-state index in [0.717, 1.165) is 37.9 Å². The van der Waals surface area contributed by atoms with E-state index in [0.29, 0.717) is 0 Å². The van der Waals surface area contributed by atoms with Crippen LogP contribution in [0.4, 0.5) is 0 Å². The van der Waals surface area contributed by atoms with Gasteiger partial charge in [0.1, 0.15) is 0 Å². The Morgan fingerprint density at radius 2 is 2.00 bits per heavy atom. The van der Waals surface area contributed by atoms with Gasteiger partial charge in [0, 0.05) is 0 Å². The first-order valence-electron chi connectivity index (χ1n) is 7.28. The van der Waals surface area contributed by atoms with Gasteiger partial charge in [-0.25, -0.2) is 0 Å². The molecule has 0 aromatic carbocycles. The standard InChI is InChI=1S/C15H29NO2/c1-12(2)13-6-5-9-16(10-7-13)11-8-15(3,4)14(17)18/h12-13H,5-11H2,1-4H3,(H,17,18). The maximum Gasteiger partial charge on any atom is 0.309 e. The molecule has 1 saturated heterocycles. The van der Waals surface area contributed by atoms with Crippen molar-refractivity contribution in [3.8, 4) is 0 Å². The first-order chi connectivity index (χ1) is 8.33. The van der Waals surface area contributed by atoms with Gasteiger partial charge in [0.15, 0.2) is 0 Å². The van der Waals surface area contributed by atoms with Gasteiger partial charge in [0.25, 0.3) is 0 Å². The first kappa shape index (κ1) is 15.5. The Morgan fingerprint density at radius 3 is 2.56 bits per heavy atom. The Labute approximate surface area is 112 Å². The van der Waals surface area contributed by atoms with Crippen molar-refractivity contribution in [1.82, 2.24) is 4.90 Å². The molecule has 0 spiro atoms. The van der Waals surface area contributed by atoms with Crippen molar-refractivity contribution in [3.05, 3.63) is 0 Å². The maximum atomic E-state index is 11.1. The van der Waals surface area contributed by atoms with E-state index in [1.807, 2.05) is 13.8 Å². The molecule has 0 saturated carbocycles. The largest absolute Gasteiger partial charge is 0.481 e.